The highest BCUT2D eigenvalue weighted by atomic mass is 15.1. The Labute approximate surface area is 57.2 Å². The lowest BCUT2D eigenvalue weighted by Gasteiger charge is -2.13. The van der Waals surface area contributed by atoms with Crippen molar-refractivity contribution < 1.29 is 0 Å². The van der Waals surface area contributed by atoms with Gasteiger partial charge in [-0.05, 0) is 39.5 Å². The predicted octanol–water partition coefficient (Wildman–Crippen LogP) is 0.158. The molecule has 1 unspecified atom stereocenters. The molecule has 1 heterocycles. The quantitative estimate of drug-likeness (QED) is 0.570. The molecule has 1 aliphatic heterocycles. The van der Waals surface area contributed by atoms with Gasteiger partial charge in [0.25, 0.3) is 0 Å². The van der Waals surface area contributed by atoms with Crippen LogP contribution in [0.15, 0.2) is 0 Å². The molecular weight excluding hydrogens is 112 g/mol. The minimum Gasteiger partial charge on any atom is -0.316 e. The van der Waals surface area contributed by atoms with E-state index < -0.39 is 0 Å². The monoisotopic (exact) mass is 128 g/mol. The first kappa shape index (κ1) is 7.03. The molecule has 0 aromatic heterocycles. The van der Waals surface area contributed by atoms with Crippen LogP contribution >= 0.6 is 0 Å². The lowest BCUT2D eigenvalue weighted by Crippen LogP contribution is -2.23. The SMILES string of the molecule is CN(C)CC1CCNC1. The second-order valence-corrected chi connectivity index (χ2v) is 3.12. The number of hydrogen-bond acceptors (Lipinski definition) is 2. The van der Waals surface area contributed by atoms with E-state index in [4.69, 9.17) is 0 Å². The minimum absolute atomic E-state index is 0.903. The smallest absolute Gasteiger partial charge is 0.00162 e. The molecule has 2 heteroatoms. The van der Waals surface area contributed by atoms with Crippen LogP contribution in [0.4, 0.5) is 0 Å². The molecule has 0 amide bonds. The standard InChI is InChI=1S/C7H16N2/c1-9(2)6-7-3-4-8-5-7/h7-8H,3-6H2,1-2H3. The molecule has 1 N–H and O–H groups in total. The molecule has 0 aliphatic carbocycles. The zero-order valence-corrected chi connectivity index (χ0v) is 6.35. The summed E-state index contributed by atoms with van der Waals surface area (Å²) in [7, 11) is 4.27. The van der Waals surface area contributed by atoms with Gasteiger partial charge in [-0.15, -0.1) is 0 Å². The molecule has 0 spiro atoms. The molecular formula is C7H16N2. The molecule has 1 rings (SSSR count). The van der Waals surface area contributed by atoms with Gasteiger partial charge >= 0.3 is 0 Å². The van der Waals surface area contributed by atoms with Crippen molar-refractivity contribution in [2.24, 2.45) is 5.92 Å². The Kier molecular flexibility index (Phi) is 2.49. The first-order chi connectivity index (χ1) is 4.29. The van der Waals surface area contributed by atoms with Crippen LogP contribution in [-0.4, -0.2) is 38.6 Å². The van der Waals surface area contributed by atoms with Crippen LogP contribution in [0.2, 0.25) is 0 Å². The maximum absolute atomic E-state index is 3.35. The Morgan fingerprint density at radius 1 is 1.56 bits per heavy atom. The van der Waals surface area contributed by atoms with Crippen LogP contribution in [0.25, 0.3) is 0 Å². The van der Waals surface area contributed by atoms with Gasteiger partial charge in [0, 0.05) is 6.54 Å². The number of hydrogen-bond donors (Lipinski definition) is 1. The summed E-state index contributed by atoms with van der Waals surface area (Å²) in [6.45, 7) is 3.68. The van der Waals surface area contributed by atoms with E-state index in [2.05, 4.69) is 24.3 Å². The van der Waals surface area contributed by atoms with Gasteiger partial charge in [0.15, 0.2) is 0 Å². The summed E-state index contributed by atoms with van der Waals surface area (Å²) >= 11 is 0. The molecule has 0 radical (unpaired) electrons. The maximum Gasteiger partial charge on any atom is 0.00162 e. The summed E-state index contributed by atoms with van der Waals surface area (Å²) in [6.07, 6.45) is 1.36. The van der Waals surface area contributed by atoms with Gasteiger partial charge in [-0.1, -0.05) is 0 Å². The van der Waals surface area contributed by atoms with E-state index in [-0.39, 0.29) is 0 Å². The summed E-state index contributed by atoms with van der Waals surface area (Å²) in [5, 5.41) is 3.35. The van der Waals surface area contributed by atoms with Gasteiger partial charge in [0.1, 0.15) is 0 Å². The second-order valence-electron chi connectivity index (χ2n) is 3.12. The van der Waals surface area contributed by atoms with Crippen LogP contribution < -0.4 is 5.32 Å². The van der Waals surface area contributed by atoms with E-state index in [0.29, 0.717) is 0 Å². The largest absolute Gasteiger partial charge is 0.316 e. The molecule has 1 fully saturated rings. The molecule has 2 nitrogen and oxygen atoms in total. The Bertz CT molecular complexity index is 75.0. The normalized spacial score (nSPS) is 27.7. The molecule has 54 valence electrons. The highest BCUT2D eigenvalue weighted by Crippen LogP contribution is 2.06. The van der Waals surface area contributed by atoms with Crippen molar-refractivity contribution in [1.82, 2.24) is 10.2 Å². The van der Waals surface area contributed by atoms with E-state index in [1.807, 2.05) is 0 Å². The maximum atomic E-state index is 3.35. The number of nitrogens with zero attached hydrogens (tertiary/aromatic N) is 1. The van der Waals surface area contributed by atoms with Crippen LogP contribution in [-0.2, 0) is 0 Å². The van der Waals surface area contributed by atoms with Crippen molar-refractivity contribution in [3.63, 3.8) is 0 Å². The van der Waals surface area contributed by atoms with Crippen molar-refractivity contribution in [1.29, 1.82) is 0 Å². The Morgan fingerprint density at radius 2 is 2.33 bits per heavy atom. The van der Waals surface area contributed by atoms with E-state index in [1.165, 1.54) is 26.1 Å². The highest BCUT2D eigenvalue weighted by molar-refractivity contribution is 4.72. The Balaban J connectivity index is 2.11. The summed E-state index contributed by atoms with van der Waals surface area (Å²) < 4.78 is 0. The fourth-order valence-electron chi connectivity index (χ4n) is 1.39. The molecule has 1 saturated heterocycles. The van der Waals surface area contributed by atoms with Gasteiger partial charge in [0.2, 0.25) is 0 Å². The summed E-state index contributed by atoms with van der Waals surface area (Å²) in [4.78, 5) is 2.26. The zero-order chi connectivity index (χ0) is 6.69. The number of nitrogens with one attached hydrogen (secondary N) is 1. The number of rotatable bonds is 2. The van der Waals surface area contributed by atoms with Crippen LogP contribution in [0.3, 0.4) is 0 Å². The third kappa shape index (κ3) is 2.33. The fourth-order valence-corrected chi connectivity index (χ4v) is 1.39. The van der Waals surface area contributed by atoms with E-state index in [0.717, 1.165) is 5.92 Å². The minimum atomic E-state index is 0.903. The third-order valence-corrected chi connectivity index (χ3v) is 1.79. The molecule has 0 aromatic rings. The van der Waals surface area contributed by atoms with Crippen molar-refractivity contribution in [3.05, 3.63) is 0 Å². The summed E-state index contributed by atoms with van der Waals surface area (Å²) in [6, 6.07) is 0. The molecule has 1 aliphatic rings. The molecule has 1 atom stereocenters. The molecule has 9 heavy (non-hydrogen) atoms. The summed E-state index contributed by atoms with van der Waals surface area (Å²) in [5.74, 6) is 0.903. The third-order valence-electron chi connectivity index (χ3n) is 1.79. The zero-order valence-electron chi connectivity index (χ0n) is 6.35. The predicted molar refractivity (Wildman–Crippen MR) is 39.5 cm³/mol. The van der Waals surface area contributed by atoms with Crippen molar-refractivity contribution in [3.8, 4) is 0 Å². The van der Waals surface area contributed by atoms with E-state index in [1.54, 1.807) is 0 Å². The van der Waals surface area contributed by atoms with Crippen molar-refractivity contribution >= 4 is 0 Å². The lowest BCUT2D eigenvalue weighted by molar-refractivity contribution is 0.339. The van der Waals surface area contributed by atoms with E-state index in [9.17, 15) is 0 Å². The summed E-state index contributed by atoms with van der Waals surface area (Å²) in [5.41, 5.74) is 0. The van der Waals surface area contributed by atoms with Crippen molar-refractivity contribution in [2.75, 3.05) is 33.7 Å². The van der Waals surface area contributed by atoms with Crippen LogP contribution in [0, 0.1) is 5.92 Å². The van der Waals surface area contributed by atoms with E-state index >= 15 is 0 Å². The van der Waals surface area contributed by atoms with Crippen LogP contribution in [0.5, 0.6) is 0 Å². The molecule has 0 bridgehead atoms. The van der Waals surface area contributed by atoms with Gasteiger partial charge < -0.3 is 10.2 Å². The Morgan fingerprint density at radius 3 is 2.78 bits per heavy atom. The van der Waals surface area contributed by atoms with Gasteiger partial charge in [-0.2, -0.15) is 0 Å². The first-order valence-corrected chi connectivity index (χ1v) is 3.64. The van der Waals surface area contributed by atoms with Gasteiger partial charge in [-0.3, -0.25) is 0 Å². The topological polar surface area (TPSA) is 15.3 Å². The Hall–Kier alpha value is -0.0800. The highest BCUT2D eigenvalue weighted by Gasteiger charge is 2.13. The van der Waals surface area contributed by atoms with Crippen LogP contribution in [0.1, 0.15) is 6.42 Å². The first-order valence-electron chi connectivity index (χ1n) is 3.64. The van der Waals surface area contributed by atoms with Gasteiger partial charge in [-0.25, -0.2) is 0 Å². The molecule has 0 aromatic carbocycles. The lowest BCUT2D eigenvalue weighted by atomic mass is 10.1. The van der Waals surface area contributed by atoms with Crippen molar-refractivity contribution in [2.45, 2.75) is 6.42 Å². The molecule has 0 saturated carbocycles. The average molecular weight is 128 g/mol. The second kappa shape index (κ2) is 3.18. The average Bonchev–Trinajstić information content (AvgIpc) is 2.15. The van der Waals surface area contributed by atoms with Gasteiger partial charge in [0.05, 0.1) is 0 Å². The fraction of sp³-hybridized carbons (Fsp3) is 1.00.